The monoisotopic (exact) mass is 484 g/mol. The Morgan fingerprint density at radius 3 is 2.54 bits per heavy atom. The summed E-state index contributed by atoms with van der Waals surface area (Å²) in [6.07, 6.45) is 6.77. The lowest BCUT2D eigenvalue weighted by atomic mass is 10.1. The fourth-order valence-corrected chi connectivity index (χ4v) is 3.11. The van der Waals surface area contributed by atoms with Gasteiger partial charge in [0.2, 0.25) is 0 Å². The molecule has 1 aromatic carbocycles. The fraction of sp³-hybridized carbons (Fsp3) is 0.143. The van der Waals surface area contributed by atoms with Gasteiger partial charge in [-0.1, -0.05) is 12.1 Å². The first-order valence-corrected chi connectivity index (χ1v) is 9.96. The Labute approximate surface area is 175 Å². The molecule has 0 saturated heterocycles. The molecule has 140 valence electrons. The minimum Gasteiger partial charge on any atom is -0.348 e. The van der Waals surface area contributed by atoms with E-state index in [0.29, 0.717) is 11.3 Å². The minimum atomic E-state index is -0.317. The molecule has 0 radical (unpaired) electrons. The van der Waals surface area contributed by atoms with Gasteiger partial charge >= 0.3 is 0 Å². The second-order valence-electron chi connectivity index (χ2n) is 6.56. The quantitative estimate of drug-likeness (QED) is 0.539. The number of halogens is 1. The molecule has 3 aromatic rings. The van der Waals surface area contributed by atoms with Crippen LogP contribution >= 0.6 is 22.6 Å². The number of aromatic nitrogens is 2. The summed E-state index contributed by atoms with van der Waals surface area (Å²) in [6.45, 7) is 0. The number of rotatable bonds is 5. The molecule has 0 spiro atoms. The van der Waals surface area contributed by atoms with E-state index in [1.54, 1.807) is 18.5 Å². The molecule has 1 saturated carbocycles. The predicted molar refractivity (Wildman–Crippen MR) is 115 cm³/mol. The molecule has 1 fully saturated rings. The first-order valence-electron chi connectivity index (χ1n) is 8.88. The highest BCUT2D eigenvalue weighted by Gasteiger charge is 2.24. The summed E-state index contributed by atoms with van der Waals surface area (Å²) >= 11 is 2.25. The molecular formula is C21H17IN4O2. The number of carbonyl (C=O) groups is 2. The molecule has 0 aliphatic heterocycles. The van der Waals surface area contributed by atoms with Gasteiger partial charge in [-0.05, 0) is 71.3 Å². The Morgan fingerprint density at radius 1 is 1.00 bits per heavy atom. The zero-order valence-electron chi connectivity index (χ0n) is 14.9. The second-order valence-corrected chi connectivity index (χ2v) is 7.81. The summed E-state index contributed by atoms with van der Waals surface area (Å²) < 4.78 is 1.13. The van der Waals surface area contributed by atoms with Crippen LogP contribution in [0.3, 0.4) is 0 Å². The van der Waals surface area contributed by atoms with Crippen LogP contribution in [-0.4, -0.2) is 27.8 Å². The van der Waals surface area contributed by atoms with E-state index in [0.717, 1.165) is 27.5 Å². The highest BCUT2D eigenvalue weighted by Crippen LogP contribution is 2.28. The topological polar surface area (TPSA) is 84.0 Å². The van der Waals surface area contributed by atoms with E-state index in [4.69, 9.17) is 0 Å². The third-order valence-corrected chi connectivity index (χ3v) is 5.11. The van der Waals surface area contributed by atoms with Crippen molar-refractivity contribution in [3.63, 3.8) is 0 Å². The molecule has 6 nitrogen and oxygen atoms in total. The van der Waals surface area contributed by atoms with E-state index in [-0.39, 0.29) is 23.6 Å². The smallest absolute Gasteiger partial charge is 0.270 e. The lowest BCUT2D eigenvalue weighted by Crippen LogP contribution is -2.26. The normalized spacial score (nSPS) is 13.0. The number of hydrogen-bond acceptors (Lipinski definition) is 4. The maximum Gasteiger partial charge on any atom is 0.270 e. The number of hydrogen-bond donors (Lipinski definition) is 2. The number of benzene rings is 1. The largest absolute Gasteiger partial charge is 0.348 e. The Morgan fingerprint density at radius 2 is 1.79 bits per heavy atom. The number of nitrogens with zero attached hydrogens (tertiary/aromatic N) is 2. The van der Waals surface area contributed by atoms with Crippen LogP contribution in [0.15, 0.2) is 61.1 Å². The summed E-state index contributed by atoms with van der Waals surface area (Å²) in [5.74, 6) is -0.569. The van der Waals surface area contributed by atoms with Crippen LogP contribution in [0, 0.1) is 3.57 Å². The van der Waals surface area contributed by atoms with E-state index in [1.807, 2.05) is 30.3 Å². The van der Waals surface area contributed by atoms with Crippen molar-refractivity contribution in [2.24, 2.45) is 0 Å². The van der Waals surface area contributed by atoms with Crippen molar-refractivity contribution < 1.29 is 9.59 Å². The maximum atomic E-state index is 12.8. The van der Waals surface area contributed by atoms with Crippen LogP contribution < -0.4 is 10.6 Å². The number of pyridine rings is 2. The van der Waals surface area contributed by atoms with Crippen molar-refractivity contribution in [2.75, 3.05) is 5.32 Å². The van der Waals surface area contributed by atoms with Crippen LogP contribution in [0.5, 0.6) is 0 Å². The van der Waals surface area contributed by atoms with E-state index in [1.165, 1.54) is 12.3 Å². The highest BCUT2D eigenvalue weighted by molar-refractivity contribution is 14.1. The van der Waals surface area contributed by atoms with E-state index in [2.05, 4.69) is 43.2 Å². The van der Waals surface area contributed by atoms with E-state index < -0.39 is 0 Å². The van der Waals surface area contributed by atoms with E-state index in [9.17, 15) is 9.59 Å². The molecular weight excluding hydrogens is 467 g/mol. The van der Waals surface area contributed by atoms with Crippen molar-refractivity contribution >= 4 is 40.1 Å². The Bertz CT molecular complexity index is 1030. The minimum absolute atomic E-state index is 0.235. The van der Waals surface area contributed by atoms with Gasteiger partial charge in [-0.25, -0.2) is 0 Å². The fourth-order valence-electron chi connectivity index (χ4n) is 2.75. The molecule has 7 heteroatoms. The lowest BCUT2D eigenvalue weighted by Gasteiger charge is -2.11. The van der Waals surface area contributed by atoms with Crippen LogP contribution in [0.25, 0.3) is 11.1 Å². The zero-order chi connectivity index (χ0) is 19.5. The van der Waals surface area contributed by atoms with Gasteiger partial charge in [0, 0.05) is 33.1 Å². The molecule has 2 N–H and O–H groups in total. The molecule has 0 unspecified atom stereocenters. The van der Waals surface area contributed by atoms with E-state index >= 15 is 0 Å². The third kappa shape index (κ3) is 4.36. The SMILES string of the molecule is O=C(Nc1cnccc1-c1ccc(I)cc1)c1ccnc(C(=O)NC2CC2)c1. The van der Waals surface area contributed by atoms with Crippen LogP contribution in [0.2, 0.25) is 0 Å². The van der Waals surface area contributed by atoms with Crippen LogP contribution in [0.1, 0.15) is 33.7 Å². The molecule has 1 aliphatic rings. The molecule has 28 heavy (non-hydrogen) atoms. The van der Waals surface area contributed by atoms with Gasteiger partial charge < -0.3 is 10.6 Å². The Kier molecular flexibility index (Phi) is 5.34. The van der Waals surface area contributed by atoms with Crippen LogP contribution in [-0.2, 0) is 0 Å². The number of amides is 2. The van der Waals surface area contributed by atoms with Gasteiger partial charge in [-0.2, -0.15) is 0 Å². The average molecular weight is 484 g/mol. The summed E-state index contributed by atoms with van der Waals surface area (Å²) in [7, 11) is 0. The van der Waals surface area contributed by atoms with Crippen molar-refractivity contribution in [2.45, 2.75) is 18.9 Å². The van der Waals surface area contributed by atoms with Gasteiger partial charge in [0.25, 0.3) is 11.8 Å². The first kappa shape index (κ1) is 18.5. The number of nitrogens with one attached hydrogen (secondary N) is 2. The number of carbonyl (C=O) groups excluding carboxylic acids is 2. The lowest BCUT2D eigenvalue weighted by molar-refractivity contribution is 0.0946. The molecule has 0 atom stereocenters. The van der Waals surface area contributed by atoms with Crippen molar-refractivity contribution in [3.05, 3.63) is 75.9 Å². The molecule has 4 rings (SSSR count). The van der Waals surface area contributed by atoms with Crippen molar-refractivity contribution in [1.82, 2.24) is 15.3 Å². The van der Waals surface area contributed by atoms with Gasteiger partial charge in [0.15, 0.2) is 0 Å². The highest BCUT2D eigenvalue weighted by atomic mass is 127. The zero-order valence-corrected chi connectivity index (χ0v) is 17.0. The average Bonchev–Trinajstić information content (AvgIpc) is 3.53. The van der Waals surface area contributed by atoms with Crippen LogP contribution in [0.4, 0.5) is 5.69 Å². The molecule has 1 aliphatic carbocycles. The maximum absolute atomic E-state index is 12.8. The second kappa shape index (κ2) is 8.05. The predicted octanol–water partition coefficient (Wildman–Crippen LogP) is 3.89. The molecule has 2 aromatic heterocycles. The Hall–Kier alpha value is -2.81. The van der Waals surface area contributed by atoms with Gasteiger partial charge in [0.05, 0.1) is 11.9 Å². The summed E-state index contributed by atoms with van der Waals surface area (Å²) in [4.78, 5) is 33.1. The Balaban J connectivity index is 1.56. The number of anilines is 1. The summed E-state index contributed by atoms with van der Waals surface area (Å²) in [5.41, 5.74) is 3.07. The first-order chi connectivity index (χ1) is 13.6. The van der Waals surface area contributed by atoms with Gasteiger partial charge in [-0.3, -0.25) is 19.6 Å². The summed E-state index contributed by atoms with van der Waals surface area (Å²) in [5, 5.41) is 5.77. The molecule has 0 bridgehead atoms. The van der Waals surface area contributed by atoms with Gasteiger partial charge in [0.1, 0.15) is 5.69 Å². The molecule has 2 amide bonds. The van der Waals surface area contributed by atoms with Crippen molar-refractivity contribution in [1.29, 1.82) is 0 Å². The third-order valence-electron chi connectivity index (χ3n) is 4.39. The van der Waals surface area contributed by atoms with Crippen molar-refractivity contribution in [3.8, 4) is 11.1 Å². The van der Waals surface area contributed by atoms with Gasteiger partial charge in [-0.15, -0.1) is 0 Å². The standard InChI is InChI=1S/C21H17IN4O2/c22-15-3-1-13(2-4-15)17-8-9-23-12-19(17)26-20(27)14-7-10-24-18(11-14)21(28)25-16-5-6-16/h1-4,7-12,16H,5-6H2,(H,25,28)(H,26,27). The summed E-state index contributed by atoms with van der Waals surface area (Å²) in [6, 6.07) is 13.2. The molecule has 2 heterocycles.